The van der Waals surface area contributed by atoms with Crippen LogP contribution in [-0.4, -0.2) is 45.4 Å². The van der Waals surface area contributed by atoms with Gasteiger partial charge in [0, 0.05) is 26.2 Å². The Labute approximate surface area is 123 Å². The molecule has 1 aromatic heterocycles. The van der Waals surface area contributed by atoms with Crippen molar-refractivity contribution in [2.24, 2.45) is 0 Å². The molecule has 5 nitrogen and oxygen atoms in total. The number of rotatable bonds is 5. The van der Waals surface area contributed by atoms with E-state index in [9.17, 15) is 4.39 Å². The molecule has 0 N–H and O–H groups in total. The van der Waals surface area contributed by atoms with Crippen molar-refractivity contribution in [2.75, 3.05) is 19.6 Å². The number of aromatic nitrogens is 3. The zero-order valence-corrected chi connectivity index (χ0v) is 11.9. The molecule has 6 heteroatoms. The van der Waals surface area contributed by atoms with Crippen molar-refractivity contribution >= 4 is 0 Å². The molecular weight excluding hydrogens is 271 g/mol. The summed E-state index contributed by atoms with van der Waals surface area (Å²) in [5.74, 6) is 0.0768. The van der Waals surface area contributed by atoms with Gasteiger partial charge < -0.3 is 14.2 Å². The summed E-state index contributed by atoms with van der Waals surface area (Å²) in [6.07, 6.45) is 5.42. The van der Waals surface area contributed by atoms with Crippen molar-refractivity contribution in [3.8, 4) is 5.75 Å². The van der Waals surface area contributed by atoms with E-state index in [1.54, 1.807) is 30.9 Å². The molecule has 21 heavy (non-hydrogen) atoms. The largest absolute Gasteiger partial charge is 0.487 e. The summed E-state index contributed by atoms with van der Waals surface area (Å²) in [5, 5.41) is 7.58. The number of nitrogens with zero attached hydrogens (tertiary/aromatic N) is 4. The van der Waals surface area contributed by atoms with Crippen LogP contribution in [0.1, 0.15) is 12.8 Å². The summed E-state index contributed by atoms with van der Waals surface area (Å²) in [5.41, 5.74) is 0. The van der Waals surface area contributed by atoms with Crippen molar-refractivity contribution in [3.05, 3.63) is 42.7 Å². The van der Waals surface area contributed by atoms with E-state index in [-0.39, 0.29) is 11.9 Å². The second-order valence-corrected chi connectivity index (χ2v) is 5.29. The van der Waals surface area contributed by atoms with Gasteiger partial charge in [-0.3, -0.25) is 0 Å². The number of benzene rings is 1. The van der Waals surface area contributed by atoms with Gasteiger partial charge >= 0.3 is 0 Å². The minimum absolute atomic E-state index is 0.105. The van der Waals surface area contributed by atoms with Crippen LogP contribution in [0.15, 0.2) is 36.9 Å². The van der Waals surface area contributed by atoms with Crippen molar-refractivity contribution in [3.63, 3.8) is 0 Å². The molecule has 3 rings (SSSR count). The molecule has 1 aromatic carbocycles. The lowest BCUT2D eigenvalue weighted by atomic mass is 10.1. The first kappa shape index (κ1) is 14.0. The van der Waals surface area contributed by atoms with Crippen LogP contribution in [0.5, 0.6) is 5.75 Å². The maximum absolute atomic E-state index is 13.5. The van der Waals surface area contributed by atoms with Crippen LogP contribution in [0.4, 0.5) is 4.39 Å². The van der Waals surface area contributed by atoms with Gasteiger partial charge in [0.25, 0.3) is 0 Å². The summed E-state index contributed by atoms with van der Waals surface area (Å²) < 4.78 is 21.3. The lowest BCUT2D eigenvalue weighted by molar-refractivity contribution is 0.0953. The Morgan fingerprint density at radius 3 is 2.52 bits per heavy atom. The van der Waals surface area contributed by atoms with Crippen molar-refractivity contribution in [1.29, 1.82) is 0 Å². The second-order valence-electron chi connectivity index (χ2n) is 5.29. The fourth-order valence-corrected chi connectivity index (χ4v) is 2.57. The van der Waals surface area contributed by atoms with E-state index in [0.717, 1.165) is 39.0 Å². The van der Waals surface area contributed by atoms with Gasteiger partial charge in [-0.1, -0.05) is 12.1 Å². The lowest BCUT2D eigenvalue weighted by Crippen LogP contribution is -2.39. The zero-order valence-electron chi connectivity index (χ0n) is 11.9. The van der Waals surface area contributed by atoms with E-state index in [1.165, 1.54) is 6.07 Å². The molecule has 0 radical (unpaired) electrons. The highest BCUT2D eigenvalue weighted by atomic mass is 19.1. The number of para-hydroxylation sites is 1. The molecule has 2 heterocycles. The van der Waals surface area contributed by atoms with Gasteiger partial charge in [0.15, 0.2) is 11.6 Å². The first-order valence-electron chi connectivity index (χ1n) is 7.27. The molecule has 112 valence electrons. The van der Waals surface area contributed by atoms with Crippen molar-refractivity contribution in [2.45, 2.75) is 25.5 Å². The molecule has 0 spiro atoms. The predicted molar refractivity (Wildman–Crippen MR) is 76.5 cm³/mol. The predicted octanol–water partition coefficient (Wildman–Crippen LogP) is 1.96. The average molecular weight is 290 g/mol. The summed E-state index contributed by atoms with van der Waals surface area (Å²) in [4.78, 5) is 2.39. The molecule has 0 amide bonds. The van der Waals surface area contributed by atoms with Crippen LogP contribution >= 0.6 is 0 Å². The molecule has 0 aliphatic carbocycles. The van der Waals surface area contributed by atoms with Crippen LogP contribution in [0.25, 0.3) is 0 Å². The molecule has 0 bridgehead atoms. The zero-order chi connectivity index (χ0) is 14.5. The summed E-state index contributed by atoms with van der Waals surface area (Å²) in [6, 6.07) is 6.60. The molecule has 1 fully saturated rings. The smallest absolute Gasteiger partial charge is 0.165 e. The molecule has 2 aromatic rings. The number of hydrogen-bond acceptors (Lipinski definition) is 4. The maximum atomic E-state index is 13.5. The van der Waals surface area contributed by atoms with Crippen LogP contribution in [0.3, 0.4) is 0 Å². The Morgan fingerprint density at radius 2 is 1.81 bits per heavy atom. The fraction of sp³-hybridized carbons (Fsp3) is 0.467. The Bertz CT molecular complexity index is 553. The van der Waals surface area contributed by atoms with Crippen LogP contribution in [0.2, 0.25) is 0 Å². The monoisotopic (exact) mass is 290 g/mol. The quantitative estimate of drug-likeness (QED) is 0.844. The lowest BCUT2D eigenvalue weighted by Gasteiger charge is -2.32. The Morgan fingerprint density at radius 1 is 1.10 bits per heavy atom. The first-order valence-corrected chi connectivity index (χ1v) is 7.27. The third kappa shape index (κ3) is 3.78. The third-order valence-electron chi connectivity index (χ3n) is 3.81. The van der Waals surface area contributed by atoms with E-state index in [4.69, 9.17) is 4.74 Å². The highest BCUT2D eigenvalue weighted by Crippen LogP contribution is 2.21. The van der Waals surface area contributed by atoms with E-state index in [0.29, 0.717) is 5.75 Å². The summed E-state index contributed by atoms with van der Waals surface area (Å²) >= 11 is 0. The highest BCUT2D eigenvalue weighted by molar-refractivity contribution is 5.23. The van der Waals surface area contributed by atoms with Gasteiger partial charge in [0.1, 0.15) is 18.8 Å². The molecule has 0 saturated carbocycles. The molecule has 0 unspecified atom stereocenters. The maximum Gasteiger partial charge on any atom is 0.165 e. The van der Waals surface area contributed by atoms with Crippen LogP contribution < -0.4 is 4.74 Å². The molecule has 1 aliphatic rings. The first-order chi connectivity index (χ1) is 10.3. The Kier molecular flexibility index (Phi) is 4.45. The van der Waals surface area contributed by atoms with E-state index < -0.39 is 0 Å². The SMILES string of the molecule is Fc1ccccc1OC1CCN(CCn2cnnc2)CC1. The van der Waals surface area contributed by atoms with Crippen molar-refractivity contribution in [1.82, 2.24) is 19.7 Å². The standard InChI is InChI=1S/C15H19FN4O/c16-14-3-1-2-4-15(14)21-13-5-7-19(8-6-13)9-10-20-11-17-18-12-20/h1-4,11-13H,5-10H2. The summed E-state index contributed by atoms with van der Waals surface area (Å²) in [7, 11) is 0. The van der Waals surface area contributed by atoms with E-state index in [2.05, 4.69) is 15.1 Å². The van der Waals surface area contributed by atoms with Gasteiger partial charge in [-0.25, -0.2) is 4.39 Å². The molecule has 1 aliphatic heterocycles. The second kappa shape index (κ2) is 6.67. The van der Waals surface area contributed by atoms with Gasteiger partial charge in [-0.15, -0.1) is 10.2 Å². The van der Waals surface area contributed by atoms with E-state index >= 15 is 0 Å². The number of ether oxygens (including phenoxy) is 1. The fourth-order valence-electron chi connectivity index (χ4n) is 2.57. The minimum atomic E-state index is -0.285. The Balaban J connectivity index is 1.44. The average Bonchev–Trinajstić information content (AvgIpc) is 3.02. The molecular formula is C15H19FN4O. The van der Waals surface area contributed by atoms with Gasteiger partial charge in [0.2, 0.25) is 0 Å². The van der Waals surface area contributed by atoms with Crippen LogP contribution in [0, 0.1) is 5.82 Å². The number of piperidine rings is 1. The Hall–Kier alpha value is -1.95. The molecule has 1 saturated heterocycles. The number of likely N-dealkylation sites (tertiary alicyclic amines) is 1. The van der Waals surface area contributed by atoms with E-state index in [1.807, 2.05) is 4.57 Å². The van der Waals surface area contributed by atoms with Gasteiger partial charge in [0.05, 0.1) is 0 Å². The molecule has 0 atom stereocenters. The topological polar surface area (TPSA) is 43.2 Å². The third-order valence-corrected chi connectivity index (χ3v) is 3.81. The van der Waals surface area contributed by atoms with Crippen molar-refractivity contribution < 1.29 is 9.13 Å². The van der Waals surface area contributed by atoms with Gasteiger partial charge in [-0.05, 0) is 25.0 Å². The number of hydrogen-bond donors (Lipinski definition) is 0. The highest BCUT2D eigenvalue weighted by Gasteiger charge is 2.21. The summed E-state index contributed by atoms with van der Waals surface area (Å²) in [6.45, 7) is 3.82. The van der Waals surface area contributed by atoms with Crippen LogP contribution in [-0.2, 0) is 6.54 Å². The normalized spacial score (nSPS) is 17.0. The van der Waals surface area contributed by atoms with Gasteiger partial charge in [-0.2, -0.15) is 0 Å². The number of halogens is 1. The minimum Gasteiger partial charge on any atom is -0.487 e.